The molecule has 0 atom stereocenters. The molecule has 0 heterocycles. The molecule has 0 saturated heterocycles. The first kappa shape index (κ1) is 29.0. The van der Waals surface area contributed by atoms with Gasteiger partial charge in [-0.05, 0) is 43.5 Å². The van der Waals surface area contributed by atoms with Gasteiger partial charge < -0.3 is 24.8 Å². The van der Waals surface area contributed by atoms with Crippen LogP contribution in [0.2, 0.25) is 0 Å². The summed E-state index contributed by atoms with van der Waals surface area (Å²) in [5.41, 5.74) is 0. The summed E-state index contributed by atoms with van der Waals surface area (Å²) >= 11 is 0. The molecule has 0 saturated carbocycles. The van der Waals surface area contributed by atoms with Crippen molar-refractivity contribution in [2.24, 2.45) is 0 Å². The molecule has 4 aromatic rings. The minimum Gasteiger partial charge on any atom is -1.00 e. The van der Waals surface area contributed by atoms with Crippen LogP contribution in [0.5, 0.6) is 0 Å². The number of benzene rings is 4. The molecule has 0 spiro atoms. The zero-order valence-electron chi connectivity index (χ0n) is 17.8. The van der Waals surface area contributed by atoms with E-state index < -0.39 is 15.8 Å². The molecule has 0 bridgehead atoms. The van der Waals surface area contributed by atoms with Gasteiger partial charge in [-0.3, -0.25) is 0 Å². The first-order valence-corrected chi connectivity index (χ1v) is 13.0. The average molecular weight is 590 g/mol. The molecule has 0 unspecified atom stereocenters. The maximum absolute atomic E-state index is 2.37. The van der Waals surface area contributed by atoms with Crippen LogP contribution in [-0.4, -0.2) is 5.40 Å². The third kappa shape index (κ3) is 6.99. The third-order valence-corrected chi connectivity index (χ3v) is 11.8. The van der Waals surface area contributed by atoms with Crippen LogP contribution in [-0.2, 0) is 20.4 Å². The number of hydrogen-bond acceptors (Lipinski definition) is 0. The smallest absolute Gasteiger partial charge is 1.00 e. The monoisotopic (exact) mass is 588 g/mol. The van der Waals surface area contributed by atoms with Gasteiger partial charge in [0.15, 0.2) is 0 Å². The quantitative estimate of drug-likeness (QED) is 0.210. The Bertz CT molecular complexity index is 841. The second-order valence-electron chi connectivity index (χ2n) is 6.97. The Labute approximate surface area is 221 Å². The number of hydrogen-bond donors (Lipinski definition) is 0. The summed E-state index contributed by atoms with van der Waals surface area (Å²) in [5, 5.41) is 6.47. The second-order valence-corrected chi connectivity index (χ2v) is 12.2. The summed E-state index contributed by atoms with van der Waals surface area (Å²) in [5.74, 6) is 0. The van der Waals surface area contributed by atoms with Crippen LogP contribution in [0.4, 0.5) is 0 Å². The fourth-order valence-corrected chi connectivity index (χ4v) is 11.0. The molecule has 0 aromatic heterocycles. The zero-order valence-corrected chi connectivity index (χ0v) is 22.7. The number of halogens is 2. The van der Waals surface area contributed by atoms with Crippen molar-refractivity contribution in [3.8, 4) is 0 Å². The van der Waals surface area contributed by atoms with Gasteiger partial charge in [0.1, 0.15) is 0 Å². The molecule has 0 N–H and O–H groups in total. The van der Waals surface area contributed by atoms with Gasteiger partial charge in [-0.15, -0.1) is 0 Å². The van der Waals surface area contributed by atoms with E-state index in [-0.39, 0.29) is 45.2 Å². The van der Waals surface area contributed by atoms with Crippen molar-refractivity contribution >= 4 is 37.1 Å². The van der Waals surface area contributed by atoms with E-state index in [9.17, 15) is 0 Å². The van der Waals surface area contributed by atoms with Crippen LogP contribution < -0.4 is 46.0 Å². The van der Waals surface area contributed by atoms with Crippen LogP contribution in [0.1, 0.15) is 13.3 Å². The van der Waals surface area contributed by atoms with Crippen LogP contribution in [0.3, 0.4) is 0 Å². The molecule has 0 radical (unpaired) electrons. The van der Waals surface area contributed by atoms with E-state index in [4.69, 9.17) is 0 Å². The fourth-order valence-electron chi connectivity index (χ4n) is 3.82. The molecule has 4 aromatic carbocycles. The summed E-state index contributed by atoms with van der Waals surface area (Å²) in [7, 11) is -0.944. The van der Waals surface area contributed by atoms with Crippen LogP contribution in [0.25, 0.3) is 0 Å². The first-order chi connectivity index (χ1) is 14.4. The molecule has 5 heteroatoms. The van der Waals surface area contributed by atoms with Gasteiger partial charge >= 0.3 is 20.4 Å². The predicted octanol–water partition coefficient (Wildman–Crippen LogP) is -0.00620. The fraction of sp³-hybridized carbons (Fsp3) is 0.111. The normalized spacial score (nSPS) is 10.2. The van der Waals surface area contributed by atoms with E-state index in [1.165, 1.54) is 21.2 Å². The molecule has 4 rings (SSSR count). The Morgan fingerprint density at radius 1 is 0.469 bits per heavy atom. The summed E-state index contributed by atoms with van der Waals surface area (Å²) in [6, 6.07) is 44.6. The minimum atomic E-state index is -0.472. The summed E-state index contributed by atoms with van der Waals surface area (Å²) in [6.45, 7) is 2.37. The van der Waals surface area contributed by atoms with Crippen molar-refractivity contribution in [2.45, 2.75) is 18.7 Å². The van der Waals surface area contributed by atoms with Crippen molar-refractivity contribution in [3.63, 3.8) is 0 Å². The van der Waals surface area contributed by atoms with Gasteiger partial charge in [-0.1, -0.05) is 128 Å². The molecule has 168 valence electrons. The minimum absolute atomic E-state index is 0. The molecule has 0 nitrogen and oxygen atoms in total. The summed E-state index contributed by atoms with van der Waals surface area (Å²) in [4.78, 5) is 0. The van der Waals surface area contributed by atoms with Crippen molar-refractivity contribution in [1.29, 1.82) is 0 Å². The summed E-state index contributed by atoms with van der Waals surface area (Å²) in [6.07, 6.45) is 1.16. The van der Waals surface area contributed by atoms with Crippen molar-refractivity contribution in [1.82, 2.24) is 0 Å². The predicted molar refractivity (Wildman–Crippen MR) is 132 cm³/mol. The zero-order chi connectivity index (χ0) is 19.9. The third-order valence-electron chi connectivity index (χ3n) is 5.10. The van der Waals surface area contributed by atoms with E-state index in [1.54, 1.807) is 0 Å². The van der Waals surface area contributed by atoms with E-state index in [2.05, 4.69) is 128 Å². The maximum Gasteiger partial charge on any atom is 2.00 e. The largest absolute Gasteiger partial charge is 2.00 e. The first-order valence-electron chi connectivity index (χ1n) is 10.2. The molecule has 32 heavy (non-hydrogen) atoms. The van der Waals surface area contributed by atoms with Gasteiger partial charge in [-0.2, -0.15) is 0 Å². The molecular formula is C27H26Cl2P2Pd. The summed E-state index contributed by atoms with van der Waals surface area (Å²) < 4.78 is 0. The van der Waals surface area contributed by atoms with Gasteiger partial charge in [-0.25, -0.2) is 0 Å². The second kappa shape index (κ2) is 15.0. The van der Waals surface area contributed by atoms with Gasteiger partial charge in [0.25, 0.3) is 0 Å². The van der Waals surface area contributed by atoms with E-state index in [0.29, 0.717) is 5.40 Å². The number of rotatable bonds is 7. The van der Waals surface area contributed by atoms with Crippen molar-refractivity contribution in [2.75, 3.05) is 0 Å². The van der Waals surface area contributed by atoms with E-state index in [0.717, 1.165) is 6.42 Å². The van der Waals surface area contributed by atoms with E-state index in [1.807, 2.05) is 0 Å². The molecular weight excluding hydrogens is 564 g/mol. The van der Waals surface area contributed by atoms with Crippen molar-refractivity contribution < 1.29 is 45.2 Å². The Morgan fingerprint density at radius 3 is 0.875 bits per heavy atom. The SMILES string of the molecule is CCC(P(c1ccccc1)c1ccccc1)P(c1ccccc1)c1ccccc1.[Cl-].[Cl-].[Pd+2]. The topological polar surface area (TPSA) is 0 Å². The van der Waals surface area contributed by atoms with E-state index >= 15 is 0 Å². The Balaban J connectivity index is 0.00000171. The van der Waals surface area contributed by atoms with Gasteiger partial charge in [0, 0.05) is 5.40 Å². The van der Waals surface area contributed by atoms with Gasteiger partial charge in [0.2, 0.25) is 0 Å². The molecule has 0 amide bonds. The van der Waals surface area contributed by atoms with Gasteiger partial charge in [0.05, 0.1) is 0 Å². The van der Waals surface area contributed by atoms with Crippen LogP contribution in [0.15, 0.2) is 121 Å². The molecule has 0 aliphatic heterocycles. The standard InChI is InChI=1S/C27H26P2.2ClH.Pd/c1-2-27(28(23-15-7-3-8-16-23)24-17-9-4-10-18-24)29(25-19-11-5-12-20-25)26-21-13-6-14-22-26;;;/h3-22,27H,2H2,1H3;2*1H;/q;;;+2/p-2. The molecule has 0 aliphatic rings. The average Bonchev–Trinajstić information content (AvgIpc) is 2.81. The Hall–Kier alpha value is -1.02. The van der Waals surface area contributed by atoms with Crippen molar-refractivity contribution in [3.05, 3.63) is 121 Å². The molecule has 0 fully saturated rings. The van der Waals surface area contributed by atoms with Crippen LogP contribution >= 0.6 is 15.8 Å². The Morgan fingerprint density at radius 2 is 0.688 bits per heavy atom. The molecule has 0 aliphatic carbocycles. The van der Waals surface area contributed by atoms with Crippen LogP contribution in [0, 0.1) is 0 Å². The maximum atomic E-state index is 2.37. The Kier molecular flexibility index (Phi) is 13.6.